The maximum atomic E-state index is 13.0. The summed E-state index contributed by atoms with van der Waals surface area (Å²) < 4.78 is 29.2. The van der Waals surface area contributed by atoms with Crippen LogP contribution < -0.4 is 5.32 Å². The van der Waals surface area contributed by atoms with Crippen LogP contribution in [0.1, 0.15) is 17.8 Å². The predicted molar refractivity (Wildman–Crippen MR) is 84.3 cm³/mol. The van der Waals surface area contributed by atoms with E-state index in [1.807, 2.05) is 6.92 Å². The van der Waals surface area contributed by atoms with E-state index >= 15 is 0 Å². The highest BCUT2D eigenvalue weighted by Gasteiger charge is 2.37. The predicted octanol–water partition coefficient (Wildman–Crippen LogP) is -0.295. The lowest BCUT2D eigenvalue weighted by molar-refractivity contribution is 0.179. The van der Waals surface area contributed by atoms with Crippen molar-refractivity contribution in [1.29, 1.82) is 0 Å². The Bertz CT molecular complexity index is 648. The molecule has 0 aromatic carbocycles. The molecule has 22 heavy (non-hydrogen) atoms. The van der Waals surface area contributed by atoms with Crippen LogP contribution in [0.25, 0.3) is 0 Å². The summed E-state index contributed by atoms with van der Waals surface area (Å²) in [5.41, 5.74) is 1.30. The molecule has 0 bridgehead atoms. The summed E-state index contributed by atoms with van der Waals surface area (Å²) in [6.45, 7) is 8.77. The highest BCUT2D eigenvalue weighted by atomic mass is 32.2. The molecule has 7 nitrogen and oxygen atoms in total. The average Bonchev–Trinajstić information content (AvgIpc) is 3.06. The van der Waals surface area contributed by atoms with Crippen LogP contribution in [0.4, 0.5) is 0 Å². The molecule has 0 radical (unpaired) electrons. The molecule has 0 aliphatic carbocycles. The van der Waals surface area contributed by atoms with Crippen molar-refractivity contribution in [1.82, 2.24) is 24.3 Å². The van der Waals surface area contributed by atoms with Crippen molar-refractivity contribution in [3.63, 3.8) is 0 Å². The molecule has 1 aromatic rings. The van der Waals surface area contributed by atoms with Gasteiger partial charge in [-0.2, -0.15) is 9.40 Å². The third kappa shape index (κ3) is 2.68. The van der Waals surface area contributed by atoms with Gasteiger partial charge >= 0.3 is 0 Å². The van der Waals surface area contributed by atoms with Crippen LogP contribution >= 0.6 is 0 Å². The van der Waals surface area contributed by atoms with Gasteiger partial charge < -0.3 is 5.32 Å². The molecule has 2 aliphatic rings. The molecule has 1 unspecified atom stereocenters. The first-order valence-corrected chi connectivity index (χ1v) is 9.30. The van der Waals surface area contributed by atoms with E-state index in [0.717, 1.165) is 32.6 Å². The van der Waals surface area contributed by atoms with Crippen LogP contribution in [-0.4, -0.2) is 72.7 Å². The van der Waals surface area contributed by atoms with E-state index in [4.69, 9.17) is 0 Å². The second-order valence-electron chi connectivity index (χ2n) is 6.22. The van der Waals surface area contributed by atoms with E-state index in [2.05, 4.69) is 15.3 Å². The summed E-state index contributed by atoms with van der Waals surface area (Å²) in [5.74, 6) is 0. The van der Waals surface area contributed by atoms with Gasteiger partial charge in [-0.05, 0) is 20.3 Å². The number of hydrogen-bond acceptors (Lipinski definition) is 5. The van der Waals surface area contributed by atoms with E-state index in [0.29, 0.717) is 35.4 Å². The lowest BCUT2D eigenvalue weighted by Crippen LogP contribution is -2.49. The van der Waals surface area contributed by atoms with Gasteiger partial charge in [0.2, 0.25) is 10.0 Å². The maximum absolute atomic E-state index is 13.0. The van der Waals surface area contributed by atoms with E-state index < -0.39 is 10.0 Å². The lowest BCUT2D eigenvalue weighted by Gasteiger charge is -2.32. The summed E-state index contributed by atoms with van der Waals surface area (Å²) >= 11 is 0. The van der Waals surface area contributed by atoms with Gasteiger partial charge in [0, 0.05) is 52.4 Å². The van der Waals surface area contributed by atoms with E-state index in [-0.39, 0.29) is 0 Å². The molecule has 8 heteroatoms. The summed E-state index contributed by atoms with van der Waals surface area (Å²) in [6, 6.07) is 0.342. The van der Waals surface area contributed by atoms with E-state index in [1.54, 1.807) is 23.0 Å². The fourth-order valence-corrected chi connectivity index (χ4v) is 5.42. The quantitative estimate of drug-likeness (QED) is 0.826. The van der Waals surface area contributed by atoms with Crippen molar-refractivity contribution in [3.8, 4) is 0 Å². The topological polar surface area (TPSA) is 70.5 Å². The Morgan fingerprint density at radius 1 is 1.18 bits per heavy atom. The number of sulfonamides is 1. The second-order valence-corrected chi connectivity index (χ2v) is 8.09. The number of rotatable bonds is 3. The van der Waals surface area contributed by atoms with Crippen LogP contribution in [0.5, 0.6) is 0 Å². The number of nitrogens with one attached hydrogen (secondary N) is 1. The summed E-state index contributed by atoms with van der Waals surface area (Å²) in [7, 11) is -1.66. The van der Waals surface area contributed by atoms with Gasteiger partial charge in [-0.1, -0.05) is 0 Å². The Balaban J connectivity index is 1.79. The molecule has 3 rings (SSSR count). The normalized spacial score (nSPS) is 25.0. The minimum atomic E-state index is -3.44. The monoisotopic (exact) mass is 327 g/mol. The van der Waals surface area contributed by atoms with Crippen molar-refractivity contribution in [3.05, 3.63) is 11.4 Å². The molecule has 0 spiro atoms. The molecule has 2 aliphatic heterocycles. The largest absolute Gasteiger partial charge is 0.314 e. The zero-order valence-corrected chi connectivity index (χ0v) is 14.4. The average molecular weight is 327 g/mol. The number of hydrogen-bond donors (Lipinski definition) is 1. The first-order valence-electron chi connectivity index (χ1n) is 7.86. The van der Waals surface area contributed by atoms with Crippen molar-refractivity contribution in [2.45, 2.75) is 31.2 Å². The third-order valence-electron chi connectivity index (χ3n) is 4.83. The maximum Gasteiger partial charge on any atom is 0.246 e. The highest BCUT2D eigenvalue weighted by Crippen LogP contribution is 2.27. The van der Waals surface area contributed by atoms with Crippen LogP contribution in [0, 0.1) is 13.8 Å². The first kappa shape index (κ1) is 15.9. The number of nitrogens with zero attached hydrogens (tertiary/aromatic N) is 4. The van der Waals surface area contributed by atoms with Gasteiger partial charge in [0.25, 0.3) is 0 Å². The summed E-state index contributed by atoms with van der Waals surface area (Å²) in [4.78, 5) is 2.80. The number of aromatic nitrogens is 2. The SMILES string of the molecule is Cc1nn(C)c(C)c1S(=O)(=O)N1CCC(N2CCNCC2)C1. The van der Waals surface area contributed by atoms with Gasteiger partial charge in [0.05, 0.1) is 11.4 Å². The molecule has 0 amide bonds. The Hall–Kier alpha value is -0.960. The fourth-order valence-electron chi connectivity index (χ4n) is 3.53. The van der Waals surface area contributed by atoms with Gasteiger partial charge in [0.15, 0.2) is 0 Å². The Morgan fingerprint density at radius 2 is 1.86 bits per heavy atom. The van der Waals surface area contributed by atoms with Gasteiger partial charge in [-0.25, -0.2) is 8.42 Å². The molecular weight excluding hydrogens is 302 g/mol. The molecule has 0 saturated carbocycles. The Morgan fingerprint density at radius 3 is 2.45 bits per heavy atom. The van der Waals surface area contributed by atoms with E-state index in [9.17, 15) is 8.42 Å². The summed E-state index contributed by atoms with van der Waals surface area (Å²) in [6.07, 6.45) is 0.914. The van der Waals surface area contributed by atoms with Crippen molar-refractivity contribution in [2.24, 2.45) is 7.05 Å². The zero-order chi connectivity index (χ0) is 15.9. The first-order chi connectivity index (χ1) is 10.4. The van der Waals surface area contributed by atoms with Crippen LogP contribution in [0.15, 0.2) is 4.90 Å². The Labute approximate surface area is 132 Å². The Kier molecular flexibility index (Phi) is 4.28. The number of piperazine rings is 1. The smallest absolute Gasteiger partial charge is 0.246 e. The summed E-state index contributed by atoms with van der Waals surface area (Å²) in [5, 5.41) is 7.59. The highest BCUT2D eigenvalue weighted by molar-refractivity contribution is 7.89. The molecule has 3 heterocycles. The molecule has 1 N–H and O–H groups in total. The molecular formula is C14H25N5O2S. The molecule has 2 fully saturated rings. The van der Waals surface area contributed by atoms with Crippen molar-refractivity contribution in [2.75, 3.05) is 39.3 Å². The third-order valence-corrected chi connectivity index (χ3v) is 6.95. The van der Waals surface area contributed by atoms with Crippen molar-refractivity contribution < 1.29 is 8.42 Å². The minimum absolute atomic E-state index is 0.342. The van der Waals surface area contributed by atoms with Crippen LogP contribution in [0.3, 0.4) is 0 Å². The molecule has 124 valence electrons. The van der Waals surface area contributed by atoms with Crippen molar-refractivity contribution >= 4 is 10.0 Å². The van der Waals surface area contributed by atoms with Gasteiger partial charge in [0.1, 0.15) is 4.90 Å². The zero-order valence-electron chi connectivity index (χ0n) is 13.5. The fraction of sp³-hybridized carbons (Fsp3) is 0.786. The van der Waals surface area contributed by atoms with Crippen LogP contribution in [-0.2, 0) is 17.1 Å². The molecule has 2 saturated heterocycles. The lowest BCUT2D eigenvalue weighted by atomic mass is 10.2. The molecule has 1 aromatic heterocycles. The second kappa shape index (κ2) is 5.92. The molecule has 1 atom stereocenters. The van der Waals surface area contributed by atoms with Gasteiger partial charge in [-0.15, -0.1) is 0 Å². The van der Waals surface area contributed by atoms with E-state index in [1.165, 1.54) is 0 Å². The minimum Gasteiger partial charge on any atom is -0.314 e. The van der Waals surface area contributed by atoms with Crippen LogP contribution in [0.2, 0.25) is 0 Å². The van der Waals surface area contributed by atoms with Gasteiger partial charge in [-0.3, -0.25) is 9.58 Å². The standard InChI is InChI=1S/C14H25N5O2S/c1-11-14(12(2)17(3)16-11)22(20,21)19-7-4-13(10-19)18-8-5-15-6-9-18/h13,15H,4-10H2,1-3H3. The number of aryl methyl sites for hydroxylation is 2.